The molecular weight excluding hydrogens is 230 g/mol. The lowest BCUT2D eigenvalue weighted by Crippen LogP contribution is -2.65. The quantitative estimate of drug-likeness (QED) is 0.723. The highest BCUT2D eigenvalue weighted by molar-refractivity contribution is 5.85. The highest BCUT2D eigenvalue weighted by Crippen LogP contribution is 2.05. The maximum atomic E-state index is 7.26. The van der Waals surface area contributed by atoms with Crippen molar-refractivity contribution in [3.8, 4) is 0 Å². The van der Waals surface area contributed by atoms with Crippen LogP contribution in [-0.2, 0) is 0 Å². The molecular formula is C9H18ClN5O. The molecule has 1 aliphatic rings. The summed E-state index contributed by atoms with van der Waals surface area (Å²) < 4.78 is 4.72. The van der Waals surface area contributed by atoms with Crippen LogP contribution in [0.2, 0.25) is 0 Å². The zero-order valence-corrected chi connectivity index (χ0v) is 10.4. The molecule has 92 valence electrons. The number of nitrogens with zero attached hydrogens (tertiary/aromatic N) is 4. The van der Waals surface area contributed by atoms with Gasteiger partial charge in [0.15, 0.2) is 0 Å². The number of rotatable bonds is 2. The lowest BCUT2D eigenvalue weighted by atomic mass is 10.2. The van der Waals surface area contributed by atoms with Crippen molar-refractivity contribution in [3.05, 3.63) is 11.9 Å². The minimum absolute atomic E-state index is 0. The van der Waals surface area contributed by atoms with Crippen LogP contribution >= 0.6 is 12.4 Å². The van der Waals surface area contributed by atoms with Crippen molar-refractivity contribution in [1.82, 2.24) is 10.2 Å². The largest absolute Gasteiger partial charge is 0.660 e. The highest BCUT2D eigenvalue weighted by atomic mass is 35.5. The third-order valence-electron chi connectivity index (χ3n) is 2.77. The van der Waals surface area contributed by atoms with Gasteiger partial charge in [-0.15, -0.1) is 12.4 Å². The van der Waals surface area contributed by atoms with Crippen LogP contribution in [0.5, 0.6) is 0 Å². The predicted molar refractivity (Wildman–Crippen MR) is 62.6 cm³/mol. The Balaban J connectivity index is 0.00000128. The molecule has 0 amide bonds. The van der Waals surface area contributed by atoms with Crippen molar-refractivity contribution in [1.29, 1.82) is 0 Å². The van der Waals surface area contributed by atoms with Gasteiger partial charge in [-0.3, -0.25) is 4.90 Å². The Morgan fingerprint density at radius 3 is 2.44 bits per heavy atom. The zero-order chi connectivity index (χ0) is 10.8. The summed E-state index contributed by atoms with van der Waals surface area (Å²) in [6.07, 6.45) is 1.59. The van der Waals surface area contributed by atoms with Crippen molar-refractivity contribution in [2.75, 3.05) is 31.2 Å². The summed E-state index contributed by atoms with van der Waals surface area (Å²) in [5.41, 5.74) is 7.26. The Labute approximate surface area is 101 Å². The van der Waals surface area contributed by atoms with E-state index in [4.69, 9.17) is 10.3 Å². The maximum absolute atomic E-state index is 7.26. The fraction of sp³-hybridized carbons (Fsp3) is 0.778. The van der Waals surface area contributed by atoms with Gasteiger partial charge in [0.1, 0.15) is 5.88 Å². The van der Waals surface area contributed by atoms with Gasteiger partial charge in [0.2, 0.25) is 5.27 Å². The monoisotopic (exact) mass is 247 g/mol. The summed E-state index contributed by atoms with van der Waals surface area (Å²) in [6.45, 7) is 8.33. The van der Waals surface area contributed by atoms with E-state index in [0.717, 1.165) is 26.2 Å². The first-order valence-electron chi connectivity index (χ1n) is 5.26. The first-order valence-corrected chi connectivity index (χ1v) is 5.26. The predicted octanol–water partition coefficient (Wildman–Crippen LogP) is 0.730. The van der Waals surface area contributed by atoms with Crippen LogP contribution < -0.4 is 9.80 Å². The molecule has 6 nitrogen and oxygen atoms in total. The van der Waals surface area contributed by atoms with E-state index in [2.05, 4.69) is 29.0 Å². The lowest BCUT2D eigenvalue weighted by molar-refractivity contribution is -0.759. The summed E-state index contributed by atoms with van der Waals surface area (Å²) in [5.74, 6) is 0.0984. The second-order valence-corrected chi connectivity index (χ2v) is 4.07. The van der Waals surface area contributed by atoms with E-state index in [1.807, 2.05) is 0 Å². The highest BCUT2D eigenvalue weighted by Gasteiger charge is 2.25. The topological polar surface area (TPSA) is 60.2 Å². The number of hydrogen-bond acceptors (Lipinski definition) is 4. The molecule has 0 aliphatic carbocycles. The minimum atomic E-state index is 0. The third kappa shape index (κ3) is 2.76. The molecule has 0 spiro atoms. The second kappa shape index (κ2) is 5.36. The van der Waals surface area contributed by atoms with E-state index in [0.29, 0.717) is 6.04 Å². The maximum Gasteiger partial charge on any atom is 0.256 e. The minimum Gasteiger partial charge on any atom is -0.660 e. The van der Waals surface area contributed by atoms with E-state index in [1.165, 1.54) is 0 Å². The van der Waals surface area contributed by atoms with E-state index in [1.54, 1.807) is 11.0 Å². The molecule has 7 heteroatoms. The molecule has 16 heavy (non-hydrogen) atoms. The molecule has 1 aromatic heterocycles. The van der Waals surface area contributed by atoms with Crippen LogP contribution in [0, 0.1) is 0 Å². The molecule has 0 aromatic carbocycles. The van der Waals surface area contributed by atoms with Gasteiger partial charge in [-0.1, -0.05) is 0 Å². The Hall–Kier alpha value is -1.01. The summed E-state index contributed by atoms with van der Waals surface area (Å²) in [5, 5.41) is 5.85. The fourth-order valence-electron chi connectivity index (χ4n) is 1.80. The number of halogens is 1. The van der Waals surface area contributed by atoms with Crippen molar-refractivity contribution in [3.63, 3.8) is 0 Å². The summed E-state index contributed by atoms with van der Waals surface area (Å²) in [4.78, 5) is 4.05. The molecule has 1 fully saturated rings. The van der Waals surface area contributed by atoms with Crippen molar-refractivity contribution >= 4 is 18.3 Å². The molecule has 0 atom stereocenters. The Morgan fingerprint density at radius 2 is 2.00 bits per heavy atom. The molecule has 1 saturated heterocycles. The smallest absolute Gasteiger partial charge is 0.256 e. The fourth-order valence-corrected chi connectivity index (χ4v) is 1.80. The van der Waals surface area contributed by atoms with E-state index < -0.39 is 0 Å². The number of nitrogens with one attached hydrogen (secondary N) is 1. The zero-order valence-electron chi connectivity index (χ0n) is 9.59. The van der Waals surface area contributed by atoms with Crippen LogP contribution in [0.1, 0.15) is 13.8 Å². The second-order valence-electron chi connectivity index (χ2n) is 4.07. The molecule has 2 heterocycles. The first-order chi connectivity index (χ1) is 7.16. The van der Waals surface area contributed by atoms with Crippen LogP contribution in [-0.4, -0.2) is 42.4 Å². The van der Waals surface area contributed by atoms with Gasteiger partial charge in [0, 0.05) is 19.1 Å². The Morgan fingerprint density at radius 1 is 1.38 bits per heavy atom. The summed E-state index contributed by atoms with van der Waals surface area (Å²) in [7, 11) is 0. The number of piperazine rings is 1. The van der Waals surface area contributed by atoms with Gasteiger partial charge in [-0.2, -0.15) is 5.01 Å². The molecule has 1 aromatic rings. The molecule has 1 aliphatic heterocycles. The Kier molecular flexibility index (Phi) is 4.37. The SMILES string of the molecule is CC(C)N1CCN([n+]2cc([NH-])on2)CC1.Cl. The van der Waals surface area contributed by atoms with E-state index in [9.17, 15) is 0 Å². The summed E-state index contributed by atoms with van der Waals surface area (Å²) >= 11 is 0. The van der Waals surface area contributed by atoms with Crippen molar-refractivity contribution in [2.45, 2.75) is 19.9 Å². The average molecular weight is 248 g/mol. The van der Waals surface area contributed by atoms with Gasteiger partial charge in [-0.25, -0.2) is 0 Å². The number of aromatic nitrogens is 2. The van der Waals surface area contributed by atoms with E-state index in [-0.39, 0.29) is 18.3 Å². The summed E-state index contributed by atoms with van der Waals surface area (Å²) in [6, 6.07) is 0.598. The third-order valence-corrected chi connectivity index (χ3v) is 2.77. The molecule has 0 radical (unpaired) electrons. The normalized spacial score (nSPS) is 17.6. The van der Waals surface area contributed by atoms with E-state index >= 15 is 0 Å². The van der Waals surface area contributed by atoms with Gasteiger partial charge < -0.3 is 10.3 Å². The van der Waals surface area contributed by atoms with Gasteiger partial charge in [-0.05, 0) is 13.8 Å². The standard InChI is InChI=1S/C9H17N5O.ClH/c1-8(2)12-3-5-13(6-4-12)14-7-9(10)15-11-14;/h7-8,10H,3-6H2,1-2H3;1H. The van der Waals surface area contributed by atoms with Crippen molar-refractivity contribution in [2.24, 2.45) is 0 Å². The number of hydrogen-bond donors (Lipinski definition) is 0. The van der Waals surface area contributed by atoms with Crippen LogP contribution in [0.4, 0.5) is 5.88 Å². The van der Waals surface area contributed by atoms with Crippen LogP contribution in [0.3, 0.4) is 0 Å². The lowest BCUT2D eigenvalue weighted by Gasteiger charge is -2.32. The Bertz CT molecular complexity index is 321. The average Bonchev–Trinajstić information content (AvgIpc) is 2.65. The first kappa shape index (κ1) is 13.1. The van der Waals surface area contributed by atoms with Gasteiger partial charge >= 0.3 is 0 Å². The molecule has 0 unspecified atom stereocenters. The molecule has 0 saturated carbocycles. The van der Waals surface area contributed by atoms with Gasteiger partial charge in [0.05, 0.1) is 17.9 Å². The molecule has 0 bridgehead atoms. The van der Waals surface area contributed by atoms with Crippen LogP contribution in [0.15, 0.2) is 10.7 Å². The van der Waals surface area contributed by atoms with Crippen molar-refractivity contribution < 1.29 is 9.31 Å². The molecule has 2 rings (SSSR count). The molecule has 1 N–H and O–H groups in total. The van der Waals surface area contributed by atoms with Gasteiger partial charge in [0.25, 0.3) is 6.20 Å². The van der Waals surface area contributed by atoms with Crippen LogP contribution in [0.25, 0.3) is 5.73 Å².